The number of fused-ring (bicyclic) bond motifs is 1. The van der Waals surface area contributed by atoms with Crippen LogP contribution in [0.15, 0.2) is 24.3 Å². The topological polar surface area (TPSA) is 52.8 Å². The molecule has 0 saturated heterocycles. The summed E-state index contributed by atoms with van der Waals surface area (Å²) in [6, 6.07) is 7.59. The molecule has 3 aromatic rings. The lowest BCUT2D eigenvalue weighted by atomic mass is 10.2. The molecular weight excluding hydrogens is 276 g/mol. The third-order valence-electron chi connectivity index (χ3n) is 3.18. The highest BCUT2D eigenvalue weighted by molar-refractivity contribution is 6.28. The maximum absolute atomic E-state index is 5.95. The summed E-state index contributed by atoms with van der Waals surface area (Å²) in [6.07, 6.45) is 0. The van der Waals surface area contributed by atoms with Gasteiger partial charge in [-0.25, -0.2) is 4.98 Å². The summed E-state index contributed by atoms with van der Waals surface area (Å²) in [5.74, 6) is 1.15. The standard InChI is InChI=1S/C14H13ClN4O/c1-8-12(9(2)19(3)18-8)20-13-10-6-4-5-7-11(10)16-14(15)17-13/h4-7H,1-3H3. The zero-order chi connectivity index (χ0) is 14.3. The van der Waals surface area contributed by atoms with Crippen LogP contribution in [-0.4, -0.2) is 19.7 Å². The normalized spacial score (nSPS) is 11.0. The van der Waals surface area contributed by atoms with Crippen molar-refractivity contribution in [2.45, 2.75) is 13.8 Å². The quantitative estimate of drug-likeness (QED) is 0.678. The molecule has 0 aliphatic heterocycles. The van der Waals surface area contributed by atoms with Crippen LogP contribution in [0.5, 0.6) is 11.6 Å². The second kappa shape index (κ2) is 4.76. The number of hydrogen-bond acceptors (Lipinski definition) is 4. The van der Waals surface area contributed by atoms with E-state index >= 15 is 0 Å². The van der Waals surface area contributed by atoms with Crippen LogP contribution in [0.25, 0.3) is 10.9 Å². The molecule has 2 heterocycles. The second-order valence-electron chi connectivity index (χ2n) is 4.54. The van der Waals surface area contributed by atoms with Crippen molar-refractivity contribution in [1.82, 2.24) is 19.7 Å². The van der Waals surface area contributed by atoms with Gasteiger partial charge >= 0.3 is 0 Å². The Kier molecular flexibility index (Phi) is 3.06. The van der Waals surface area contributed by atoms with E-state index in [1.54, 1.807) is 4.68 Å². The SMILES string of the molecule is Cc1nn(C)c(C)c1Oc1nc(Cl)nc2ccccc12. The third-order valence-corrected chi connectivity index (χ3v) is 3.35. The molecule has 0 bridgehead atoms. The first-order chi connectivity index (χ1) is 9.56. The van der Waals surface area contributed by atoms with Gasteiger partial charge in [0, 0.05) is 7.05 Å². The molecule has 0 spiro atoms. The van der Waals surface area contributed by atoms with Crippen molar-refractivity contribution in [2.75, 3.05) is 0 Å². The number of aromatic nitrogens is 4. The number of para-hydroxylation sites is 1. The number of hydrogen-bond donors (Lipinski definition) is 0. The van der Waals surface area contributed by atoms with Gasteiger partial charge in [0.15, 0.2) is 5.75 Å². The Morgan fingerprint density at radius 2 is 1.90 bits per heavy atom. The molecule has 0 atom stereocenters. The zero-order valence-electron chi connectivity index (χ0n) is 11.4. The molecule has 0 N–H and O–H groups in total. The number of nitrogens with zero attached hydrogens (tertiary/aromatic N) is 4. The largest absolute Gasteiger partial charge is 0.434 e. The van der Waals surface area contributed by atoms with Crippen LogP contribution in [0.1, 0.15) is 11.4 Å². The van der Waals surface area contributed by atoms with Gasteiger partial charge in [-0.1, -0.05) is 12.1 Å². The van der Waals surface area contributed by atoms with Crippen molar-refractivity contribution in [2.24, 2.45) is 7.05 Å². The van der Waals surface area contributed by atoms with Gasteiger partial charge in [-0.15, -0.1) is 0 Å². The molecule has 20 heavy (non-hydrogen) atoms. The molecule has 0 aliphatic rings. The van der Waals surface area contributed by atoms with E-state index in [1.807, 2.05) is 45.2 Å². The minimum absolute atomic E-state index is 0.165. The first kappa shape index (κ1) is 12.9. The van der Waals surface area contributed by atoms with Gasteiger partial charge in [-0.3, -0.25) is 4.68 Å². The lowest BCUT2D eigenvalue weighted by molar-refractivity contribution is 0.460. The molecule has 6 heteroatoms. The van der Waals surface area contributed by atoms with Crippen LogP contribution in [0.2, 0.25) is 5.28 Å². The Morgan fingerprint density at radius 3 is 2.60 bits per heavy atom. The van der Waals surface area contributed by atoms with Gasteiger partial charge < -0.3 is 4.74 Å². The van der Waals surface area contributed by atoms with E-state index in [4.69, 9.17) is 16.3 Å². The van der Waals surface area contributed by atoms with Crippen molar-refractivity contribution in [3.8, 4) is 11.6 Å². The van der Waals surface area contributed by atoms with Crippen LogP contribution in [-0.2, 0) is 7.05 Å². The molecule has 0 amide bonds. The smallest absolute Gasteiger partial charge is 0.231 e. The Balaban J connectivity index is 2.15. The van der Waals surface area contributed by atoms with Crippen molar-refractivity contribution < 1.29 is 4.74 Å². The average molecular weight is 289 g/mol. The number of ether oxygens (including phenoxy) is 1. The molecule has 0 radical (unpaired) electrons. The summed E-state index contributed by atoms with van der Waals surface area (Å²) in [4.78, 5) is 8.36. The molecule has 0 fully saturated rings. The molecule has 3 rings (SSSR count). The van der Waals surface area contributed by atoms with E-state index in [1.165, 1.54) is 0 Å². The van der Waals surface area contributed by atoms with Gasteiger partial charge in [0.2, 0.25) is 11.2 Å². The van der Waals surface area contributed by atoms with E-state index in [-0.39, 0.29) is 5.28 Å². The average Bonchev–Trinajstić information content (AvgIpc) is 2.65. The highest BCUT2D eigenvalue weighted by atomic mass is 35.5. The van der Waals surface area contributed by atoms with Gasteiger partial charge in [-0.05, 0) is 37.6 Å². The van der Waals surface area contributed by atoms with Gasteiger partial charge in [0.05, 0.1) is 16.6 Å². The first-order valence-electron chi connectivity index (χ1n) is 6.16. The van der Waals surface area contributed by atoms with Gasteiger partial charge in [0.25, 0.3) is 0 Å². The first-order valence-corrected chi connectivity index (χ1v) is 6.54. The number of aryl methyl sites for hydroxylation is 2. The van der Waals surface area contributed by atoms with Crippen LogP contribution >= 0.6 is 11.6 Å². The summed E-state index contributed by atoms with van der Waals surface area (Å²) in [7, 11) is 1.88. The maximum atomic E-state index is 5.95. The highest BCUT2D eigenvalue weighted by Gasteiger charge is 2.15. The second-order valence-corrected chi connectivity index (χ2v) is 4.88. The molecule has 0 aliphatic carbocycles. The van der Waals surface area contributed by atoms with Crippen LogP contribution < -0.4 is 4.74 Å². The minimum Gasteiger partial charge on any atom is -0.434 e. The van der Waals surface area contributed by atoms with Crippen LogP contribution in [0, 0.1) is 13.8 Å². The van der Waals surface area contributed by atoms with E-state index in [0.29, 0.717) is 11.6 Å². The fourth-order valence-electron chi connectivity index (χ4n) is 2.10. The fourth-order valence-corrected chi connectivity index (χ4v) is 2.26. The summed E-state index contributed by atoms with van der Waals surface area (Å²) < 4.78 is 7.71. The molecule has 0 saturated carbocycles. The Labute approximate surface area is 121 Å². The molecule has 102 valence electrons. The Hall–Kier alpha value is -2.14. The van der Waals surface area contributed by atoms with Crippen LogP contribution in [0.4, 0.5) is 0 Å². The number of halogens is 1. The summed E-state index contributed by atoms with van der Waals surface area (Å²) in [5.41, 5.74) is 2.49. The minimum atomic E-state index is 0.165. The zero-order valence-corrected chi connectivity index (χ0v) is 12.1. The lowest BCUT2D eigenvalue weighted by Gasteiger charge is -2.08. The highest BCUT2D eigenvalue weighted by Crippen LogP contribution is 2.31. The summed E-state index contributed by atoms with van der Waals surface area (Å²) in [5, 5.41) is 5.31. The molecule has 1 aromatic carbocycles. The monoisotopic (exact) mass is 288 g/mol. The number of benzene rings is 1. The van der Waals surface area contributed by atoms with E-state index < -0.39 is 0 Å². The Bertz CT molecular complexity index is 797. The summed E-state index contributed by atoms with van der Waals surface area (Å²) in [6.45, 7) is 3.84. The van der Waals surface area contributed by atoms with E-state index in [0.717, 1.165) is 22.3 Å². The molecule has 5 nitrogen and oxygen atoms in total. The third kappa shape index (κ3) is 2.10. The van der Waals surface area contributed by atoms with Crippen LogP contribution in [0.3, 0.4) is 0 Å². The van der Waals surface area contributed by atoms with Crippen molar-refractivity contribution in [3.63, 3.8) is 0 Å². The van der Waals surface area contributed by atoms with E-state index in [2.05, 4.69) is 15.1 Å². The predicted molar refractivity (Wildman–Crippen MR) is 77.3 cm³/mol. The van der Waals surface area contributed by atoms with Crippen molar-refractivity contribution in [3.05, 3.63) is 40.9 Å². The molecule has 2 aromatic heterocycles. The Morgan fingerprint density at radius 1 is 1.15 bits per heavy atom. The van der Waals surface area contributed by atoms with Gasteiger partial charge in [-0.2, -0.15) is 10.1 Å². The van der Waals surface area contributed by atoms with Gasteiger partial charge in [0.1, 0.15) is 5.69 Å². The fraction of sp³-hybridized carbons (Fsp3) is 0.214. The van der Waals surface area contributed by atoms with Crippen molar-refractivity contribution in [1.29, 1.82) is 0 Å². The molecule has 0 unspecified atom stereocenters. The molecular formula is C14H13ClN4O. The maximum Gasteiger partial charge on any atom is 0.231 e. The number of rotatable bonds is 2. The van der Waals surface area contributed by atoms with E-state index in [9.17, 15) is 0 Å². The lowest BCUT2D eigenvalue weighted by Crippen LogP contribution is -1.95. The predicted octanol–water partition coefficient (Wildman–Crippen LogP) is 3.43. The summed E-state index contributed by atoms with van der Waals surface area (Å²) >= 11 is 5.95. The van der Waals surface area contributed by atoms with Crippen molar-refractivity contribution >= 4 is 22.5 Å².